The van der Waals surface area contributed by atoms with Crippen LogP contribution < -0.4 is 24.0 Å². The third-order valence-electron chi connectivity index (χ3n) is 5.76. The van der Waals surface area contributed by atoms with Crippen molar-refractivity contribution in [3.8, 4) is 0 Å². The maximum Gasteiger partial charge on any atom is 0.105 e. The molecule has 150 valence electrons. The fourth-order valence-corrected chi connectivity index (χ4v) is 3.93. The van der Waals surface area contributed by atoms with Gasteiger partial charge < -0.3 is 33.2 Å². The summed E-state index contributed by atoms with van der Waals surface area (Å²) in [6, 6.07) is 8.94. The van der Waals surface area contributed by atoms with Crippen molar-refractivity contribution >= 4 is 0 Å². The van der Waals surface area contributed by atoms with E-state index in [1.54, 1.807) is 5.56 Å². The van der Waals surface area contributed by atoms with Gasteiger partial charge in [-0.2, -0.15) is 0 Å². The van der Waals surface area contributed by atoms with E-state index >= 15 is 0 Å². The number of halogens is 1. The van der Waals surface area contributed by atoms with Crippen LogP contribution in [0.25, 0.3) is 0 Å². The van der Waals surface area contributed by atoms with Gasteiger partial charge >= 0.3 is 0 Å². The number of benzene rings is 1. The highest BCUT2D eigenvalue weighted by atomic mass is 127. The molecule has 1 atom stereocenters. The number of hydrogen-bond donors (Lipinski definition) is 0. The van der Waals surface area contributed by atoms with Crippen molar-refractivity contribution < 1.29 is 33.2 Å². The molecular formula is C23H40INO. The van der Waals surface area contributed by atoms with Gasteiger partial charge in [0, 0.05) is 18.6 Å². The molecule has 26 heavy (non-hydrogen) atoms. The maximum atomic E-state index is 5.93. The SMILES string of the molecule is CCCCCCCCCCCOCC[N+]1(C)CCc2ccccc2C1.[I-]. The van der Waals surface area contributed by atoms with Gasteiger partial charge in [0.25, 0.3) is 0 Å². The van der Waals surface area contributed by atoms with Crippen molar-refractivity contribution in [3.63, 3.8) is 0 Å². The minimum absolute atomic E-state index is 0. The number of rotatable bonds is 13. The zero-order valence-corrected chi connectivity index (χ0v) is 19.3. The molecular weight excluding hydrogens is 433 g/mol. The first-order valence-corrected chi connectivity index (χ1v) is 10.7. The number of nitrogens with zero attached hydrogens (tertiary/aromatic N) is 1. The van der Waals surface area contributed by atoms with Crippen molar-refractivity contribution in [2.24, 2.45) is 0 Å². The van der Waals surface area contributed by atoms with Crippen molar-refractivity contribution in [2.45, 2.75) is 77.7 Å². The molecule has 0 bridgehead atoms. The van der Waals surface area contributed by atoms with E-state index in [2.05, 4.69) is 38.2 Å². The summed E-state index contributed by atoms with van der Waals surface area (Å²) in [6.07, 6.45) is 13.7. The second-order valence-electron chi connectivity index (χ2n) is 8.18. The number of fused-ring (bicyclic) bond motifs is 1. The first-order valence-electron chi connectivity index (χ1n) is 10.7. The number of unbranched alkanes of at least 4 members (excludes halogenated alkanes) is 8. The van der Waals surface area contributed by atoms with E-state index in [-0.39, 0.29) is 24.0 Å². The first-order chi connectivity index (χ1) is 12.2. The number of hydrogen-bond acceptors (Lipinski definition) is 1. The molecule has 0 N–H and O–H groups in total. The zero-order valence-electron chi connectivity index (χ0n) is 17.1. The summed E-state index contributed by atoms with van der Waals surface area (Å²) in [5, 5.41) is 0. The van der Waals surface area contributed by atoms with Crippen LogP contribution in [-0.2, 0) is 17.7 Å². The van der Waals surface area contributed by atoms with Crippen molar-refractivity contribution in [1.29, 1.82) is 0 Å². The van der Waals surface area contributed by atoms with Crippen LogP contribution in [0.4, 0.5) is 0 Å². The maximum absolute atomic E-state index is 5.93. The van der Waals surface area contributed by atoms with Crippen LogP contribution in [0.15, 0.2) is 24.3 Å². The summed E-state index contributed by atoms with van der Waals surface area (Å²) in [5.74, 6) is 0. The highest BCUT2D eigenvalue weighted by Crippen LogP contribution is 2.23. The van der Waals surface area contributed by atoms with Gasteiger partial charge in [0.05, 0.1) is 20.2 Å². The molecule has 1 aliphatic rings. The minimum atomic E-state index is 0. The first kappa shape index (κ1) is 23.9. The van der Waals surface area contributed by atoms with Crippen molar-refractivity contribution in [3.05, 3.63) is 35.4 Å². The van der Waals surface area contributed by atoms with Gasteiger partial charge in [-0.05, 0) is 12.0 Å². The number of quaternary nitrogens is 1. The molecule has 2 nitrogen and oxygen atoms in total. The third-order valence-corrected chi connectivity index (χ3v) is 5.76. The highest BCUT2D eigenvalue weighted by Gasteiger charge is 2.27. The monoisotopic (exact) mass is 473 g/mol. The van der Waals surface area contributed by atoms with E-state index in [0.29, 0.717) is 0 Å². The number of ether oxygens (including phenoxy) is 1. The fraction of sp³-hybridized carbons (Fsp3) is 0.739. The molecule has 0 aliphatic carbocycles. The van der Waals surface area contributed by atoms with Crippen molar-refractivity contribution in [2.75, 3.05) is 33.4 Å². The van der Waals surface area contributed by atoms with Gasteiger partial charge in [0.1, 0.15) is 13.1 Å². The summed E-state index contributed by atoms with van der Waals surface area (Å²) in [7, 11) is 2.39. The predicted octanol–water partition coefficient (Wildman–Crippen LogP) is 2.74. The summed E-state index contributed by atoms with van der Waals surface area (Å²) < 4.78 is 7.07. The normalized spacial score (nSPS) is 19.0. The molecule has 0 saturated carbocycles. The molecule has 3 heteroatoms. The fourth-order valence-electron chi connectivity index (χ4n) is 3.93. The predicted molar refractivity (Wildman–Crippen MR) is 108 cm³/mol. The Morgan fingerprint density at radius 1 is 0.846 bits per heavy atom. The smallest absolute Gasteiger partial charge is 0.105 e. The molecule has 0 spiro atoms. The number of likely N-dealkylation sites (N-methyl/N-ethyl adjacent to an activating group) is 1. The average molecular weight is 473 g/mol. The standard InChI is InChI=1S/C23H40NO.HI/c1-3-4-5-6-7-8-9-10-13-19-25-20-18-24(2)17-16-22-14-11-12-15-23(22)21-24;/h11-12,14-15H,3-10,13,16-21H2,1-2H3;1H/q+1;/p-1. The van der Waals surface area contributed by atoms with Crippen LogP contribution in [-0.4, -0.2) is 37.8 Å². The second-order valence-corrected chi connectivity index (χ2v) is 8.18. The average Bonchev–Trinajstić information content (AvgIpc) is 2.62. The third kappa shape index (κ3) is 9.18. The molecule has 1 aromatic carbocycles. The lowest BCUT2D eigenvalue weighted by atomic mass is 9.98. The Morgan fingerprint density at radius 3 is 2.15 bits per heavy atom. The summed E-state index contributed by atoms with van der Waals surface area (Å²) in [5.41, 5.74) is 3.09. The van der Waals surface area contributed by atoms with Gasteiger partial charge in [-0.1, -0.05) is 82.6 Å². The zero-order chi connectivity index (χ0) is 17.8. The molecule has 1 heterocycles. The van der Waals surface area contributed by atoms with Gasteiger partial charge in [0.15, 0.2) is 0 Å². The Hall–Kier alpha value is -0.130. The van der Waals surface area contributed by atoms with Crippen molar-refractivity contribution in [1.82, 2.24) is 0 Å². The molecule has 0 saturated heterocycles. The van der Waals surface area contributed by atoms with Gasteiger partial charge in [-0.3, -0.25) is 0 Å². The molecule has 0 radical (unpaired) electrons. The molecule has 1 aromatic rings. The van der Waals surface area contributed by atoms with Crippen LogP contribution in [0.3, 0.4) is 0 Å². The van der Waals surface area contributed by atoms with Crippen LogP contribution in [0, 0.1) is 0 Å². The van der Waals surface area contributed by atoms with Crippen LogP contribution in [0.5, 0.6) is 0 Å². The lowest BCUT2D eigenvalue weighted by molar-refractivity contribution is -0.924. The van der Waals surface area contributed by atoms with E-state index in [0.717, 1.165) is 30.8 Å². The largest absolute Gasteiger partial charge is 1.00 e. The van der Waals surface area contributed by atoms with Crippen LogP contribution in [0.1, 0.15) is 75.8 Å². The lowest BCUT2D eigenvalue weighted by Gasteiger charge is -2.38. The van der Waals surface area contributed by atoms with Crippen LogP contribution in [0.2, 0.25) is 0 Å². The van der Waals surface area contributed by atoms with E-state index in [1.807, 2.05) is 0 Å². The Balaban J connectivity index is 0.00000338. The van der Waals surface area contributed by atoms with Gasteiger partial charge in [-0.15, -0.1) is 0 Å². The van der Waals surface area contributed by atoms with E-state index < -0.39 is 0 Å². The van der Waals surface area contributed by atoms with Gasteiger partial charge in [-0.25, -0.2) is 0 Å². The minimum Gasteiger partial charge on any atom is -1.00 e. The molecule has 0 amide bonds. The molecule has 1 unspecified atom stereocenters. The highest BCUT2D eigenvalue weighted by molar-refractivity contribution is 5.27. The Morgan fingerprint density at radius 2 is 1.46 bits per heavy atom. The Kier molecular flexibility index (Phi) is 12.8. The Bertz CT molecular complexity index is 479. The topological polar surface area (TPSA) is 9.23 Å². The quantitative estimate of drug-likeness (QED) is 0.243. The van der Waals surface area contributed by atoms with Crippen LogP contribution >= 0.6 is 0 Å². The molecule has 0 fully saturated rings. The lowest BCUT2D eigenvalue weighted by Crippen LogP contribution is -3.00. The van der Waals surface area contributed by atoms with E-state index in [9.17, 15) is 0 Å². The van der Waals surface area contributed by atoms with Gasteiger partial charge in [0.2, 0.25) is 0 Å². The summed E-state index contributed by atoms with van der Waals surface area (Å²) >= 11 is 0. The second kappa shape index (κ2) is 14.0. The Labute approximate surface area is 179 Å². The molecule has 0 aromatic heterocycles. The van der Waals surface area contributed by atoms with E-state index in [1.165, 1.54) is 76.3 Å². The molecule has 2 rings (SSSR count). The van der Waals surface area contributed by atoms with E-state index in [4.69, 9.17) is 4.74 Å². The summed E-state index contributed by atoms with van der Waals surface area (Å²) in [4.78, 5) is 0. The molecule has 1 aliphatic heterocycles. The summed E-state index contributed by atoms with van der Waals surface area (Å²) in [6.45, 7) is 7.70.